The molecule has 0 saturated carbocycles. The number of hydrogen-bond acceptors (Lipinski definition) is 7. The van der Waals surface area contributed by atoms with E-state index in [-0.39, 0.29) is 21.9 Å². The first-order valence-corrected chi connectivity index (χ1v) is 12.2. The molecule has 0 amide bonds. The molecule has 2 heterocycles. The zero-order valence-electron chi connectivity index (χ0n) is 15.9. The molecule has 1 unspecified atom stereocenters. The van der Waals surface area contributed by atoms with Gasteiger partial charge in [0.05, 0.1) is 23.0 Å². The summed E-state index contributed by atoms with van der Waals surface area (Å²) >= 11 is 7.21. The minimum Gasteiger partial charge on any atom is -0.315 e. The summed E-state index contributed by atoms with van der Waals surface area (Å²) in [5, 5.41) is 7.44. The fourth-order valence-corrected chi connectivity index (χ4v) is 5.07. The lowest BCUT2D eigenvalue weighted by Gasteiger charge is -2.25. The summed E-state index contributed by atoms with van der Waals surface area (Å²) in [6.45, 7) is 2.80. The first-order valence-electron chi connectivity index (χ1n) is 9.48. The Balaban J connectivity index is 1.58. The number of alkyl halides is 1. The highest BCUT2D eigenvalue weighted by atomic mass is 35.5. The van der Waals surface area contributed by atoms with Crippen LogP contribution in [0.4, 0.5) is 9.52 Å². The van der Waals surface area contributed by atoms with Gasteiger partial charge in [-0.3, -0.25) is 5.01 Å². The molecule has 0 spiro atoms. The monoisotopic (exact) mass is 461 g/mol. The summed E-state index contributed by atoms with van der Waals surface area (Å²) in [5.74, 6) is 0. The van der Waals surface area contributed by atoms with Crippen LogP contribution in [-0.2, 0) is 10.0 Å². The van der Waals surface area contributed by atoms with Gasteiger partial charge in [-0.15, -0.1) is 16.4 Å². The van der Waals surface area contributed by atoms with Gasteiger partial charge < -0.3 is 10.6 Å². The molecule has 3 N–H and O–H groups in total. The third-order valence-electron chi connectivity index (χ3n) is 4.55. The van der Waals surface area contributed by atoms with Crippen molar-refractivity contribution in [3.8, 4) is 0 Å². The number of hydrogen-bond donors (Lipinski definition) is 3. The molecule has 1 fully saturated rings. The van der Waals surface area contributed by atoms with E-state index in [2.05, 4.69) is 20.4 Å². The Bertz CT molecular complexity index is 862. The number of thiazole rings is 1. The Morgan fingerprint density at radius 2 is 2.17 bits per heavy atom. The van der Waals surface area contributed by atoms with E-state index in [1.54, 1.807) is 18.2 Å². The fourth-order valence-electron chi connectivity index (χ4n) is 3.08. The first-order chi connectivity index (χ1) is 13.9. The van der Waals surface area contributed by atoms with E-state index in [0.29, 0.717) is 19.0 Å². The van der Waals surface area contributed by atoms with Gasteiger partial charge in [0.2, 0.25) is 5.13 Å². The van der Waals surface area contributed by atoms with Crippen molar-refractivity contribution in [1.29, 1.82) is 0 Å². The Morgan fingerprint density at radius 1 is 1.38 bits per heavy atom. The summed E-state index contributed by atoms with van der Waals surface area (Å²) in [4.78, 5) is 6.54. The van der Waals surface area contributed by atoms with Crippen LogP contribution in [0.5, 0.6) is 0 Å². The van der Waals surface area contributed by atoms with E-state index < -0.39 is 15.2 Å². The van der Waals surface area contributed by atoms with Crippen molar-refractivity contribution < 1.29 is 12.8 Å². The van der Waals surface area contributed by atoms with Crippen molar-refractivity contribution in [2.45, 2.75) is 35.6 Å². The predicted molar refractivity (Wildman–Crippen MR) is 114 cm³/mol. The molecule has 11 heteroatoms. The van der Waals surface area contributed by atoms with Gasteiger partial charge in [-0.25, -0.2) is 13.4 Å². The SMILES string of the molecule is O=S(=O)(NN(CC(Cl)CCNC[C@@H]1CCCN1)c1ncc(F)s1)c1ccccc1. The smallest absolute Gasteiger partial charge is 0.257 e. The molecule has 160 valence electrons. The van der Waals surface area contributed by atoms with Crippen LogP contribution in [0.1, 0.15) is 19.3 Å². The standard InChI is InChI=1S/C18H25ClFN5O2S2/c19-14(8-10-21-11-15-5-4-9-22-15)13-25(18-23-12-17(20)28-18)24-29(26,27)16-6-2-1-3-7-16/h1-3,6-7,12,14-15,21-22,24H,4-5,8-11,13H2/t14?,15-/m0/s1. The van der Waals surface area contributed by atoms with E-state index in [1.165, 1.54) is 30.0 Å². The maximum absolute atomic E-state index is 13.5. The van der Waals surface area contributed by atoms with Crippen molar-refractivity contribution in [1.82, 2.24) is 20.4 Å². The predicted octanol–water partition coefficient (Wildman–Crippen LogP) is 2.32. The topological polar surface area (TPSA) is 86.4 Å². The van der Waals surface area contributed by atoms with Crippen molar-refractivity contribution >= 4 is 38.1 Å². The molecule has 3 rings (SSSR count). The van der Waals surface area contributed by atoms with Crippen molar-refractivity contribution in [2.75, 3.05) is 31.2 Å². The average Bonchev–Trinajstić information content (AvgIpc) is 3.37. The van der Waals surface area contributed by atoms with E-state index >= 15 is 0 Å². The number of nitrogens with zero attached hydrogens (tertiary/aromatic N) is 2. The maximum Gasteiger partial charge on any atom is 0.257 e. The number of nitrogens with one attached hydrogen (secondary N) is 3. The highest BCUT2D eigenvalue weighted by Crippen LogP contribution is 2.22. The van der Waals surface area contributed by atoms with Gasteiger partial charge in [0.15, 0.2) is 5.13 Å². The molecule has 1 aliphatic heterocycles. The second-order valence-electron chi connectivity index (χ2n) is 6.85. The molecular weight excluding hydrogens is 437 g/mol. The van der Waals surface area contributed by atoms with Crippen LogP contribution in [0.25, 0.3) is 0 Å². The lowest BCUT2D eigenvalue weighted by molar-refractivity contribution is 0.521. The van der Waals surface area contributed by atoms with E-state index in [9.17, 15) is 12.8 Å². The van der Waals surface area contributed by atoms with Crippen LogP contribution in [0.15, 0.2) is 41.4 Å². The normalized spacial score (nSPS) is 18.1. The van der Waals surface area contributed by atoms with Crippen molar-refractivity contribution in [2.24, 2.45) is 0 Å². The number of halogens is 2. The average molecular weight is 462 g/mol. The van der Waals surface area contributed by atoms with Crippen molar-refractivity contribution in [3.05, 3.63) is 41.7 Å². The summed E-state index contributed by atoms with van der Waals surface area (Å²) in [5.41, 5.74) is 0. The van der Waals surface area contributed by atoms with E-state index in [0.717, 1.165) is 30.6 Å². The van der Waals surface area contributed by atoms with Gasteiger partial charge in [-0.2, -0.15) is 4.39 Å². The maximum atomic E-state index is 13.5. The van der Waals surface area contributed by atoms with E-state index in [4.69, 9.17) is 11.6 Å². The summed E-state index contributed by atoms with van der Waals surface area (Å²) < 4.78 is 38.8. The number of aromatic nitrogens is 1. The van der Waals surface area contributed by atoms with Gasteiger partial charge in [0, 0.05) is 12.6 Å². The van der Waals surface area contributed by atoms with Crippen LogP contribution < -0.4 is 20.5 Å². The molecule has 0 bridgehead atoms. The minimum absolute atomic E-state index is 0.110. The highest BCUT2D eigenvalue weighted by molar-refractivity contribution is 7.89. The van der Waals surface area contributed by atoms with Gasteiger partial charge in [-0.05, 0) is 44.5 Å². The third-order valence-corrected chi connectivity index (χ3v) is 7.07. The van der Waals surface area contributed by atoms with E-state index in [1.807, 2.05) is 0 Å². The number of anilines is 1. The number of rotatable bonds is 11. The van der Waals surface area contributed by atoms with Crippen LogP contribution in [0.3, 0.4) is 0 Å². The molecule has 29 heavy (non-hydrogen) atoms. The fraction of sp³-hybridized carbons (Fsp3) is 0.500. The molecule has 2 aromatic rings. The zero-order chi connectivity index (χ0) is 20.7. The van der Waals surface area contributed by atoms with Gasteiger partial charge >= 0.3 is 0 Å². The van der Waals surface area contributed by atoms with Crippen LogP contribution in [0, 0.1) is 5.13 Å². The molecule has 1 aromatic heterocycles. The van der Waals surface area contributed by atoms with Gasteiger partial charge in [-0.1, -0.05) is 29.5 Å². The zero-order valence-corrected chi connectivity index (χ0v) is 18.2. The third kappa shape index (κ3) is 6.87. The Labute approximate surface area is 179 Å². The molecule has 0 aliphatic carbocycles. The Hall–Kier alpha value is -1.30. The number of sulfonamides is 1. The van der Waals surface area contributed by atoms with Crippen molar-refractivity contribution in [3.63, 3.8) is 0 Å². The quantitative estimate of drug-likeness (QED) is 0.270. The minimum atomic E-state index is -3.84. The number of benzene rings is 1. The molecule has 0 radical (unpaired) electrons. The lowest BCUT2D eigenvalue weighted by atomic mass is 10.2. The van der Waals surface area contributed by atoms with Gasteiger partial charge in [0.1, 0.15) is 0 Å². The Kier molecular flexibility index (Phi) is 8.22. The van der Waals surface area contributed by atoms with Crippen LogP contribution in [-0.4, -0.2) is 51.0 Å². The van der Waals surface area contributed by atoms with Gasteiger partial charge in [0.25, 0.3) is 10.0 Å². The van der Waals surface area contributed by atoms with Crippen LogP contribution in [0.2, 0.25) is 0 Å². The Morgan fingerprint density at radius 3 is 2.83 bits per heavy atom. The summed E-state index contributed by atoms with van der Waals surface area (Å²) in [6.07, 6.45) is 4.06. The molecule has 1 saturated heterocycles. The second kappa shape index (κ2) is 10.6. The second-order valence-corrected chi connectivity index (χ2v) is 10.1. The lowest BCUT2D eigenvalue weighted by Crippen LogP contribution is -2.45. The first kappa shape index (κ1) is 22.4. The molecule has 1 aromatic carbocycles. The largest absolute Gasteiger partial charge is 0.315 e. The summed E-state index contributed by atoms with van der Waals surface area (Å²) in [7, 11) is -3.84. The van der Waals surface area contributed by atoms with Crippen LogP contribution >= 0.6 is 22.9 Å². The molecular formula is C18H25ClFN5O2S2. The molecule has 2 atom stereocenters. The number of hydrazine groups is 1. The molecule has 1 aliphatic rings. The highest BCUT2D eigenvalue weighted by Gasteiger charge is 2.23. The molecule has 7 nitrogen and oxygen atoms in total. The summed E-state index contributed by atoms with van der Waals surface area (Å²) in [6, 6.07) is 8.48.